The molecule has 0 aliphatic rings. The molecule has 18 heavy (non-hydrogen) atoms. The van der Waals surface area contributed by atoms with Gasteiger partial charge in [-0.15, -0.1) is 0 Å². The molecule has 0 unspecified atom stereocenters. The van der Waals surface area contributed by atoms with Crippen LogP contribution in [0.1, 0.15) is 6.92 Å². The Morgan fingerprint density at radius 3 is 2.89 bits per heavy atom. The molecular formula is C13H13N3OS. The zero-order valence-electron chi connectivity index (χ0n) is 9.96. The monoisotopic (exact) mass is 259 g/mol. The molecule has 92 valence electrons. The molecule has 2 aromatic heterocycles. The van der Waals surface area contributed by atoms with Crippen molar-refractivity contribution in [2.45, 2.75) is 16.8 Å². The molecule has 0 bridgehead atoms. The summed E-state index contributed by atoms with van der Waals surface area (Å²) in [5.41, 5.74) is 5.73. The lowest BCUT2D eigenvalue weighted by Gasteiger charge is -2.08. The summed E-state index contributed by atoms with van der Waals surface area (Å²) < 4.78 is 5.41. The molecule has 0 amide bonds. The topological polar surface area (TPSA) is 61.0 Å². The van der Waals surface area contributed by atoms with Crippen molar-refractivity contribution in [2.24, 2.45) is 0 Å². The Labute approximate surface area is 110 Å². The normalized spacial score (nSPS) is 10.1. The zero-order valence-corrected chi connectivity index (χ0v) is 10.8. The SMILES string of the molecule is C=C(C)Oc1cc(Sc2ccccn2)cnc1N. The molecule has 2 aromatic rings. The van der Waals surface area contributed by atoms with Gasteiger partial charge in [-0.2, -0.15) is 0 Å². The Morgan fingerprint density at radius 2 is 2.22 bits per heavy atom. The summed E-state index contributed by atoms with van der Waals surface area (Å²) >= 11 is 1.50. The minimum Gasteiger partial charge on any atom is -0.459 e. The van der Waals surface area contributed by atoms with E-state index in [2.05, 4.69) is 16.5 Å². The highest BCUT2D eigenvalue weighted by atomic mass is 32.2. The van der Waals surface area contributed by atoms with E-state index in [1.54, 1.807) is 19.3 Å². The summed E-state index contributed by atoms with van der Waals surface area (Å²) in [6, 6.07) is 7.57. The fourth-order valence-corrected chi connectivity index (χ4v) is 2.06. The first-order chi connectivity index (χ1) is 8.65. The largest absolute Gasteiger partial charge is 0.459 e. The number of nitrogens with two attached hydrogens (primary N) is 1. The highest BCUT2D eigenvalue weighted by Gasteiger charge is 2.06. The first kappa shape index (κ1) is 12.4. The van der Waals surface area contributed by atoms with Gasteiger partial charge in [0.15, 0.2) is 11.6 Å². The van der Waals surface area contributed by atoms with Gasteiger partial charge in [0, 0.05) is 23.4 Å². The Hall–Kier alpha value is -2.01. The Balaban J connectivity index is 2.22. The molecule has 0 radical (unpaired) electrons. The molecule has 0 atom stereocenters. The maximum atomic E-state index is 5.73. The number of anilines is 1. The number of rotatable bonds is 4. The predicted molar refractivity (Wildman–Crippen MR) is 72.5 cm³/mol. The molecule has 0 aliphatic carbocycles. The quantitative estimate of drug-likeness (QED) is 0.855. The van der Waals surface area contributed by atoms with Crippen molar-refractivity contribution in [3.05, 3.63) is 49.0 Å². The number of hydrogen-bond donors (Lipinski definition) is 1. The van der Waals surface area contributed by atoms with Crippen LogP contribution in [0.2, 0.25) is 0 Å². The van der Waals surface area contributed by atoms with Crippen LogP contribution >= 0.6 is 11.8 Å². The lowest BCUT2D eigenvalue weighted by Crippen LogP contribution is -1.97. The first-order valence-electron chi connectivity index (χ1n) is 5.33. The van der Waals surface area contributed by atoms with Crippen molar-refractivity contribution in [1.29, 1.82) is 0 Å². The van der Waals surface area contributed by atoms with Crippen LogP contribution in [0.5, 0.6) is 5.75 Å². The molecule has 4 nitrogen and oxygen atoms in total. The van der Waals surface area contributed by atoms with Crippen molar-refractivity contribution in [3.8, 4) is 5.75 Å². The first-order valence-corrected chi connectivity index (χ1v) is 6.14. The second-order valence-corrected chi connectivity index (χ2v) is 4.72. The van der Waals surface area contributed by atoms with Gasteiger partial charge in [0.1, 0.15) is 5.03 Å². The number of aromatic nitrogens is 2. The van der Waals surface area contributed by atoms with Crippen LogP contribution in [0.25, 0.3) is 0 Å². The summed E-state index contributed by atoms with van der Waals surface area (Å²) in [6.45, 7) is 5.44. The van der Waals surface area contributed by atoms with Crippen molar-refractivity contribution in [2.75, 3.05) is 5.73 Å². The molecule has 2 N–H and O–H groups in total. The van der Waals surface area contributed by atoms with Crippen LogP contribution < -0.4 is 10.5 Å². The third kappa shape index (κ3) is 3.24. The summed E-state index contributed by atoms with van der Waals surface area (Å²) in [5.74, 6) is 1.44. The lowest BCUT2D eigenvalue weighted by atomic mass is 10.4. The summed E-state index contributed by atoms with van der Waals surface area (Å²) in [6.07, 6.45) is 3.44. The molecule has 0 aromatic carbocycles. The summed E-state index contributed by atoms with van der Waals surface area (Å²) in [7, 11) is 0. The molecule has 0 saturated heterocycles. The Bertz CT molecular complexity index is 557. The lowest BCUT2D eigenvalue weighted by molar-refractivity contribution is 0.430. The molecule has 2 rings (SSSR count). The molecule has 5 heteroatoms. The maximum absolute atomic E-state index is 5.73. The molecular weight excluding hydrogens is 246 g/mol. The third-order valence-corrected chi connectivity index (χ3v) is 2.91. The van der Waals surface area contributed by atoms with Gasteiger partial charge >= 0.3 is 0 Å². The molecule has 0 spiro atoms. The second kappa shape index (κ2) is 5.55. The average molecular weight is 259 g/mol. The van der Waals surface area contributed by atoms with E-state index in [-0.39, 0.29) is 0 Å². The molecule has 2 heterocycles. The number of nitrogen functional groups attached to an aromatic ring is 1. The fourth-order valence-electron chi connectivity index (χ4n) is 1.29. The van der Waals surface area contributed by atoms with Crippen LogP contribution in [0.15, 0.2) is 58.9 Å². The third-order valence-electron chi connectivity index (χ3n) is 2.00. The van der Waals surface area contributed by atoms with Crippen LogP contribution in [-0.4, -0.2) is 9.97 Å². The fraction of sp³-hybridized carbons (Fsp3) is 0.0769. The Morgan fingerprint density at radius 1 is 1.39 bits per heavy atom. The second-order valence-electron chi connectivity index (χ2n) is 3.63. The standard InChI is InChI=1S/C13H13N3OS/c1-9(2)17-11-7-10(8-16-13(11)14)18-12-5-3-4-6-15-12/h3-8H,1H2,2H3,(H2,14,16). The van der Waals surface area contributed by atoms with E-state index in [4.69, 9.17) is 10.5 Å². The van der Waals surface area contributed by atoms with Gasteiger partial charge in [0.25, 0.3) is 0 Å². The average Bonchev–Trinajstić information content (AvgIpc) is 2.34. The van der Waals surface area contributed by atoms with Crippen molar-refractivity contribution < 1.29 is 4.74 Å². The van der Waals surface area contributed by atoms with Gasteiger partial charge < -0.3 is 10.5 Å². The summed E-state index contributed by atoms with van der Waals surface area (Å²) in [4.78, 5) is 9.24. The van der Waals surface area contributed by atoms with Gasteiger partial charge in [-0.1, -0.05) is 24.4 Å². The molecule has 0 saturated carbocycles. The number of pyridine rings is 2. The number of nitrogens with zero attached hydrogens (tertiary/aromatic N) is 2. The van der Waals surface area contributed by atoms with E-state index >= 15 is 0 Å². The summed E-state index contributed by atoms with van der Waals surface area (Å²) in [5, 5.41) is 0.894. The van der Waals surface area contributed by atoms with Crippen LogP contribution in [0.4, 0.5) is 5.82 Å². The van der Waals surface area contributed by atoms with Crippen molar-refractivity contribution in [1.82, 2.24) is 9.97 Å². The van der Waals surface area contributed by atoms with E-state index in [1.165, 1.54) is 11.8 Å². The highest BCUT2D eigenvalue weighted by Crippen LogP contribution is 2.30. The molecule has 0 fully saturated rings. The van der Waals surface area contributed by atoms with E-state index in [0.29, 0.717) is 17.3 Å². The minimum absolute atomic E-state index is 0.350. The van der Waals surface area contributed by atoms with Crippen molar-refractivity contribution in [3.63, 3.8) is 0 Å². The predicted octanol–water partition coefficient (Wildman–Crippen LogP) is 3.12. The van der Waals surface area contributed by atoms with Gasteiger partial charge in [0.05, 0.1) is 5.76 Å². The smallest absolute Gasteiger partial charge is 0.170 e. The van der Waals surface area contributed by atoms with E-state index in [0.717, 1.165) is 9.92 Å². The maximum Gasteiger partial charge on any atom is 0.170 e. The molecule has 0 aliphatic heterocycles. The van der Waals surface area contributed by atoms with E-state index in [1.807, 2.05) is 24.3 Å². The van der Waals surface area contributed by atoms with Crippen LogP contribution in [0.3, 0.4) is 0 Å². The Kier molecular flexibility index (Phi) is 3.84. The number of allylic oxidation sites excluding steroid dienone is 1. The van der Waals surface area contributed by atoms with Crippen LogP contribution in [0, 0.1) is 0 Å². The van der Waals surface area contributed by atoms with Gasteiger partial charge in [0.2, 0.25) is 0 Å². The minimum atomic E-state index is 0.350. The van der Waals surface area contributed by atoms with E-state index < -0.39 is 0 Å². The zero-order chi connectivity index (χ0) is 13.0. The number of ether oxygens (including phenoxy) is 1. The van der Waals surface area contributed by atoms with Crippen LogP contribution in [-0.2, 0) is 0 Å². The van der Waals surface area contributed by atoms with Gasteiger partial charge in [-0.05, 0) is 19.1 Å². The van der Waals surface area contributed by atoms with Crippen molar-refractivity contribution >= 4 is 17.6 Å². The van der Waals surface area contributed by atoms with Gasteiger partial charge in [-0.25, -0.2) is 9.97 Å². The number of hydrogen-bond acceptors (Lipinski definition) is 5. The van der Waals surface area contributed by atoms with E-state index in [9.17, 15) is 0 Å². The highest BCUT2D eigenvalue weighted by molar-refractivity contribution is 7.99. The van der Waals surface area contributed by atoms with Gasteiger partial charge in [-0.3, -0.25) is 0 Å².